The van der Waals surface area contributed by atoms with Crippen LogP contribution >= 0.6 is 0 Å². The van der Waals surface area contributed by atoms with Gasteiger partial charge in [0.05, 0.1) is 0 Å². The van der Waals surface area contributed by atoms with Crippen LogP contribution in [-0.2, 0) is 5.41 Å². The summed E-state index contributed by atoms with van der Waals surface area (Å²) < 4.78 is 0. The molecule has 0 saturated heterocycles. The van der Waals surface area contributed by atoms with Gasteiger partial charge in [-0.05, 0) is 230 Å². The normalized spacial score (nSPS) is 31.0. The van der Waals surface area contributed by atoms with E-state index in [0.29, 0.717) is 35.5 Å². The van der Waals surface area contributed by atoms with Crippen LogP contribution in [0.1, 0.15) is 115 Å². The van der Waals surface area contributed by atoms with Crippen molar-refractivity contribution in [3.63, 3.8) is 0 Å². The maximum absolute atomic E-state index is 2.78. The Kier molecular flexibility index (Phi) is 9.08. The molecule has 2 aromatic carbocycles. The minimum absolute atomic E-state index is 0.173. The van der Waals surface area contributed by atoms with Crippen LogP contribution in [0.4, 0.5) is 0 Å². The Bertz CT molecular complexity index is 2930. The lowest BCUT2D eigenvalue weighted by Crippen LogP contribution is -2.34. The molecule has 0 amide bonds. The Labute approximate surface area is 376 Å². The molecule has 0 radical (unpaired) electrons. The van der Waals surface area contributed by atoms with Gasteiger partial charge in [-0.1, -0.05) is 147 Å². The lowest BCUT2D eigenvalue weighted by atomic mass is 9.60. The molecule has 0 aliphatic heterocycles. The third-order valence-electron chi connectivity index (χ3n) is 18.0. The second-order valence-corrected chi connectivity index (χ2v) is 21.5. The van der Waals surface area contributed by atoms with Gasteiger partial charge in [0.1, 0.15) is 0 Å². The molecular weight excluding hydrogens is 757 g/mol. The van der Waals surface area contributed by atoms with Crippen molar-refractivity contribution in [2.75, 3.05) is 0 Å². The highest BCUT2D eigenvalue weighted by Crippen LogP contribution is 2.58. The van der Waals surface area contributed by atoms with Gasteiger partial charge in [0.2, 0.25) is 0 Å². The maximum atomic E-state index is 2.78. The smallest absolute Gasteiger partial charge is 0.00233 e. The summed E-state index contributed by atoms with van der Waals surface area (Å²) in [7, 11) is 0. The highest BCUT2D eigenvalue weighted by atomic mass is 14.5. The Balaban J connectivity index is 0.842. The van der Waals surface area contributed by atoms with Gasteiger partial charge >= 0.3 is 0 Å². The number of hydrogen-bond donors (Lipinski definition) is 0. The fourth-order valence-electron chi connectivity index (χ4n) is 14.6. The predicted molar refractivity (Wildman–Crippen MR) is 264 cm³/mol. The second-order valence-electron chi connectivity index (χ2n) is 21.5. The zero-order valence-electron chi connectivity index (χ0n) is 37.6. The molecule has 0 N–H and O–H groups in total. The van der Waals surface area contributed by atoms with E-state index < -0.39 is 0 Å². The monoisotopic (exact) mass is 818 g/mol. The third kappa shape index (κ3) is 6.28. The molecule has 0 saturated carbocycles. The molecule has 0 heterocycles. The summed E-state index contributed by atoms with van der Waals surface area (Å²) in [6, 6.07) is 18.2. The van der Waals surface area contributed by atoms with E-state index in [1.54, 1.807) is 78.0 Å². The molecule has 314 valence electrons. The predicted octanol–water partition coefficient (Wildman–Crippen LogP) is 14.4. The van der Waals surface area contributed by atoms with E-state index in [9.17, 15) is 0 Å². The van der Waals surface area contributed by atoms with E-state index in [1.807, 2.05) is 0 Å². The van der Waals surface area contributed by atoms with Crippen molar-refractivity contribution in [1.82, 2.24) is 0 Å². The lowest BCUT2D eigenvalue weighted by Gasteiger charge is -2.44. The molecule has 11 aliphatic carbocycles. The van der Waals surface area contributed by atoms with Gasteiger partial charge in [0, 0.05) is 0 Å². The first-order valence-electron chi connectivity index (χ1n) is 25.0. The van der Waals surface area contributed by atoms with E-state index in [4.69, 9.17) is 0 Å². The fraction of sp³-hybridized carbons (Fsp3) is 0.365. The first kappa shape index (κ1) is 38.3. The van der Waals surface area contributed by atoms with Gasteiger partial charge in [-0.2, -0.15) is 0 Å². The van der Waals surface area contributed by atoms with E-state index in [-0.39, 0.29) is 5.41 Å². The standard InChI is InChI=1S/C63H62/c1-63(2)61-18-10-9-17-54(61)55-30-28-48(36-62(55)63)46-24-22-43-31-45(23-21-44(43)32-46)47-27-29-53-58(35-47)57(50-26-20-40-12-4-6-14-42(40)34-50)38-59-52-16-8-7-15-51(52)56(37-60(53)59)49-25-19-39-11-3-5-13-41(39)33-49/h3,5-7,9-11,13-15,17-21,23,26,28,30,32-33,35,43,49-50,56-57,62H,4,8,12,16,22,24-25,27,29,31,34,36-38H2,1-2H3. The van der Waals surface area contributed by atoms with Crippen molar-refractivity contribution in [2.24, 2.45) is 35.5 Å². The van der Waals surface area contributed by atoms with Crippen molar-refractivity contribution in [2.45, 2.75) is 109 Å². The van der Waals surface area contributed by atoms with Crippen LogP contribution in [0.15, 0.2) is 194 Å². The van der Waals surface area contributed by atoms with Crippen LogP contribution in [0, 0.1) is 35.5 Å². The van der Waals surface area contributed by atoms with Gasteiger partial charge in [-0.25, -0.2) is 0 Å². The second kappa shape index (κ2) is 14.9. The zero-order chi connectivity index (χ0) is 41.8. The van der Waals surface area contributed by atoms with Gasteiger partial charge in [0.15, 0.2) is 0 Å². The highest BCUT2D eigenvalue weighted by molar-refractivity contribution is 5.80. The number of rotatable bonds is 4. The van der Waals surface area contributed by atoms with Crippen LogP contribution < -0.4 is 10.4 Å². The topological polar surface area (TPSA) is 0 Å². The molecule has 63 heavy (non-hydrogen) atoms. The van der Waals surface area contributed by atoms with Crippen LogP contribution in [-0.4, -0.2) is 0 Å². The Morgan fingerprint density at radius 3 is 2.24 bits per heavy atom. The van der Waals surface area contributed by atoms with E-state index in [0.717, 1.165) is 12.8 Å². The Hall–Kier alpha value is -5.20. The van der Waals surface area contributed by atoms with Crippen molar-refractivity contribution in [1.29, 1.82) is 0 Å². The van der Waals surface area contributed by atoms with Crippen molar-refractivity contribution in [3.05, 3.63) is 215 Å². The Morgan fingerprint density at radius 1 is 0.556 bits per heavy atom. The number of fused-ring (bicyclic) bond motifs is 7. The average Bonchev–Trinajstić information content (AvgIpc) is 3.57. The molecule has 0 fully saturated rings. The molecule has 0 aromatic heterocycles. The SMILES string of the molecule is CC1(C)c2ccccc2C2=CC=C(C3=CC4=CC=C(C5=CC6=C(CC5)C5=C(CC6C6C=CC7=C(C=CCC7)C6)C6=C(C=CCC6)C(C6C=c7ccccc7=CC6)C5)CC4CC3)CC21. The summed E-state index contributed by atoms with van der Waals surface area (Å²) in [6.45, 7) is 4.95. The van der Waals surface area contributed by atoms with E-state index in [2.05, 4.69) is 147 Å². The zero-order valence-corrected chi connectivity index (χ0v) is 37.6. The molecule has 11 aliphatic rings. The van der Waals surface area contributed by atoms with Gasteiger partial charge in [-0.3, -0.25) is 0 Å². The molecule has 6 unspecified atom stereocenters. The quantitative estimate of drug-likeness (QED) is 0.288. The minimum atomic E-state index is 0.173. The maximum Gasteiger partial charge on any atom is -0.00233 e. The average molecular weight is 819 g/mol. The summed E-state index contributed by atoms with van der Waals surface area (Å²) in [6.07, 6.45) is 52.5. The summed E-state index contributed by atoms with van der Waals surface area (Å²) in [5, 5.41) is 2.85. The van der Waals surface area contributed by atoms with Crippen LogP contribution in [0.5, 0.6) is 0 Å². The summed E-state index contributed by atoms with van der Waals surface area (Å²) in [4.78, 5) is 0. The highest BCUT2D eigenvalue weighted by Gasteiger charge is 2.45. The molecule has 13 rings (SSSR count). The molecule has 2 aromatic rings. The van der Waals surface area contributed by atoms with E-state index in [1.165, 1.54) is 98.6 Å². The van der Waals surface area contributed by atoms with Crippen LogP contribution in [0.3, 0.4) is 0 Å². The Morgan fingerprint density at radius 2 is 1.32 bits per heavy atom. The molecule has 0 bridgehead atoms. The molecule has 0 spiro atoms. The van der Waals surface area contributed by atoms with Gasteiger partial charge in [0.25, 0.3) is 0 Å². The number of benzene rings is 2. The lowest BCUT2D eigenvalue weighted by molar-refractivity contribution is 0.407. The number of allylic oxidation sites excluding steroid dienone is 26. The van der Waals surface area contributed by atoms with Crippen molar-refractivity contribution < 1.29 is 0 Å². The third-order valence-corrected chi connectivity index (χ3v) is 18.0. The largest absolute Gasteiger partial charge is 0.0839 e. The molecule has 0 nitrogen and oxygen atoms in total. The minimum Gasteiger partial charge on any atom is -0.0839 e. The molecule has 6 atom stereocenters. The van der Waals surface area contributed by atoms with Crippen molar-refractivity contribution in [3.8, 4) is 0 Å². The van der Waals surface area contributed by atoms with Crippen molar-refractivity contribution >= 4 is 17.7 Å². The first-order chi connectivity index (χ1) is 30.9. The van der Waals surface area contributed by atoms with Crippen LogP contribution in [0.2, 0.25) is 0 Å². The van der Waals surface area contributed by atoms with Crippen LogP contribution in [0.25, 0.3) is 17.7 Å². The fourth-order valence-corrected chi connectivity index (χ4v) is 14.6. The summed E-state index contributed by atoms with van der Waals surface area (Å²) in [5.41, 5.74) is 26.3. The van der Waals surface area contributed by atoms with Gasteiger partial charge in [-0.15, -0.1) is 0 Å². The van der Waals surface area contributed by atoms with Gasteiger partial charge < -0.3 is 0 Å². The molecular formula is C63H62. The first-order valence-corrected chi connectivity index (χ1v) is 25.0. The summed E-state index contributed by atoms with van der Waals surface area (Å²) >= 11 is 0. The summed E-state index contributed by atoms with van der Waals surface area (Å²) in [5.74, 6) is 3.40. The van der Waals surface area contributed by atoms with E-state index >= 15 is 0 Å². The molecule has 0 heteroatoms. The number of hydrogen-bond acceptors (Lipinski definition) is 0.